The van der Waals surface area contributed by atoms with Gasteiger partial charge in [-0.3, -0.25) is 9.79 Å². The third-order valence-corrected chi connectivity index (χ3v) is 4.47. The van der Waals surface area contributed by atoms with Crippen molar-refractivity contribution in [3.63, 3.8) is 0 Å². The first-order valence-electron chi connectivity index (χ1n) is 7.39. The van der Waals surface area contributed by atoms with E-state index >= 15 is 0 Å². The largest absolute Gasteiger partial charge is 0.469 e. The molecule has 2 atom stereocenters. The minimum absolute atomic E-state index is 0.00241. The Morgan fingerprint density at radius 3 is 2.74 bits per heavy atom. The van der Waals surface area contributed by atoms with Gasteiger partial charge in [0.05, 0.1) is 25.3 Å². The molecule has 0 amide bonds. The molecule has 1 heterocycles. The normalized spacial score (nSPS) is 14.3. The van der Waals surface area contributed by atoms with Gasteiger partial charge in [0.1, 0.15) is 11.1 Å². The first kappa shape index (κ1) is 19.4. The van der Waals surface area contributed by atoms with Gasteiger partial charge >= 0.3 is 5.97 Å². The Bertz CT molecular complexity index is 533. The van der Waals surface area contributed by atoms with Crippen molar-refractivity contribution in [1.82, 2.24) is 15.2 Å². The van der Waals surface area contributed by atoms with Gasteiger partial charge in [-0.15, -0.1) is 11.3 Å². The molecule has 8 heteroatoms. The Morgan fingerprint density at radius 1 is 1.48 bits per heavy atom. The summed E-state index contributed by atoms with van der Waals surface area (Å²) in [7, 11) is 6.70. The van der Waals surface area contributed by atoms with Crippen molar-refractivity contribution in [2.24, 2.45) is 10.9 Å². The quantitative estimate of drug-likeness (QED) is 0.461. The molecule has 7 nitrogen and oxygen atoms in total. The molecular formula is C15H26N4O3S. The summed E-state index contributed by atoms with van der Waals surface area (Å²) in [5.74, 6) is 0.224. The minimum atomic E-state index is -0.242. The van der Waals surface area contributed by atoms with Crippen LogP contribution in [-0.4, -0.2) is 56.7 Å². The Hall–Kier alpha value is -1.67. The maximum atomic E-state index is 11.4. The van der Waals surface area contributed by atoms with Crippen molar-refractivity contribution in [3.05, 3.63) is 16.1 Å². The fourth-order valence-electron chi connectivity index (χ4n) is 1.91. The zero-order valence-electron chi connectivity index (χ0n) is 14.6. The summed E-state index contributed by atoms with van der Waals surface area (Å²) in [6.45, 7) is 4.87. The molecule has 23 heavy (non-hydrogen) atoms. The van der Waals surface area contributed by atoms with Crippen LogP contribution in [0.3, 0.4) is 0 Å². The number of aliphatic imine (C=N–C) groups is 1. The smallest absolute Gasteiger partial charge is 0.310 e. The zero-order valence-corrected chi connectivity index (χ0v) is 15.4. The van der Waals surface area contributed by atoms with Crippen LogP contribution in [0, 0.1) is 5.92 Å². The second kappa shape index (κ2) is 9.46. The summed E-state index contributed by atoms with van der Waals surface area (Å²) in [6, 6.07) is 0. The topological polar surface area (TPSA) is 76.0 Å². The maximum Gasteiger partial charge on any atom is 0.310 e. The SMILES string of the molecule is CN=C(NCC(C)C(=O)OC)N(C)Cc1csc(C(C)OC)n1. The van der Waals surface area contributed by atoms with E-state index in [1.807, 2.05) is 31.2 Å². The zero-order chi connectivity index (χ0) is 17.4. The van der Waals surface area contributed by atoms with Crippen LogP contribution in [0.25, 0.3) is 0 Å². The van der Waals surface area contributed by atoms with Gasteiger partial charge < -0.3 is 19.7 Å². The highest BCUT2D eigenvalue weighted by atomic mass is 32.1. The highest BCUT2D eigenvalue weighted by Gasteiger charge is 2.16. The van der Waals surface area contributed by atoms with Crippen LogP contribution in [0.5, 0.6) is 0 Å². The van der Waals surface area contributed by atoms with Crippen LogP contribution in [0.15, 0.2) is 10.4 Å². The predicted molar refractivity (Wildman–Crippen MR) is 91.5 cm³/mol. The minimum Gasteiger partial charge on any atom is -0.469 e. The van der Waals surface area contributed by atoms with Gasteiger partial charge in [-0.05, 0) is 6.92 Å². The summed E-state index contributed by atoms with van der Waals surface area (Å²) in [5, 5.41) is 6.15. The van der Waals surface area contributed by atoms with Gasteiger partial charge in [0.2, 0.25) is 0 Å². The van der Waals surface area contributed by atoms with E-state index < -0.39 is 0 Å². The van der Waals surface area contributed by atoms with Gasteiger partial charge in [-0.2, -0.15) is 0 Å². The van der Waals surface area contributed by atoms with Crippen LogP contribution in [0.1, 0.15) is 30.7 Å². The van der Waals surface area contributed by atoms with E-state index in [-0.39, 0.29) is 18.0 Å². The summed E-state index contributed by atoms with van der Waals surface area (Å²) < 4.78 is 9.99. The lowest BCUT2D eigenvalue weighted by Gasteiger charge is -2.22. The summed E-state index contributed by atoms with van der Waals surface area (Å²) in [5.41, 5.74) is 0.959. The first-order chi connectivity index (χ1) is 10.9. The third kappa shape index (κ3) is 5.80. The van der Waals surface area contributed by atoms with Gasteiger partial charge in [-0.1, -0.05) is 6.92 Å². The lowest BCUT2D eigenvalue weighted by atomic mass is 10.2. The van der Waals surface area contributed by atoms with E-state index in [1.54, 1.807) is 25.5 Å². The second-order valence-corrected chi connectivity index (χ2v) is 6.15. The Morgan fingerprint density at radius 2 is 2.17 bits per heavy atom. The van der Waals surface area contributed by atoms with E-state index in [2.05, 4.69) is 15.3 Å². The van der Waals surface area contributed by atoms with Crippen LogP contribution in [-0.2, 0) is 20.8 Å². The number of carbonyl (C=O) groups excluding carboxylic acids is 1. The molecule has 0 aliphatic carbocycles. The number of nitrogens with one attached hydrogen (secondary N) is 1. The van der Waals surface area contributed by atoms with E-state index in [4.69, 9.17) is 9.47 Å². The van der Waals surface area contributed by atoms with E-state index in [0.717, 1.165) is 10.7 Å². The van der Waals surface area contributed by atoms with Gasteiger partial charge in [0.15, 0.2) is 5.96 Å². The molecule has 1 N–H and O–H groups in total. The molecule has 0 radical (unpaired) electrons. The number of hydrogen-bond donors (Lipinski definition) is 1. The monoisotopic (exact) mass is 342 g/mol. The molecule has 0 saturated carbocycles. The fourth-order valence-corrected chi connectivity index (χ4v) is 2.76. The standard InChI is InChI=1S/C15H26N4O3S/c1-10(14(20)22-6)7-17-15(16-3)19(4)8-12-9-23-13(18-12)11(2)21-5/h9-11H,7-8H2,1-6H3,(H,16,17). The summed E-state index contributed by atoms with van der Waals surface area (Å²) in [4.78, 5) is 22.2. The molecule has 1 rings (SSSR count). The summed E-state index contributed by atoms with van der Waals surface area (Å²) in [6.07, 6.45) is -0.00241. The lowest BCUT2D eigenvalue weighted by Crippen LogP contribution is -2.41. The number of guanidine groups is 1. The Balaban J connectivity index is 2.58. The number of aromatic nitrogens is 1. The second-order valence-electron chi connectivity index (χ2n) is 5.26. The predicted octanol–water partition coefficient (Wildman–Crippen LogP) is 1.67. The molecule has 0 bridgehead atoms. The van der Waals surface area contributed by atoms with Gasteiger partial charge in [0, 0.05) is 33.1 Å². The highest BCUT2D eigenvalue weighted by Crippen LogP contribution is 2.20. The molecule has 130 valence electrons. The molecule has 0 fully saturated rings. The van der Waals surface area contributed by atoms with Crippen LogP contribution >= 0.6 is 11.3 Å². The molecule has 0 spiro atoms. The van der Waals surface area contributed by atoms with Crippen molar-refractivity contribution >= 4 is 23.3 Å². The molecule has 0 saturated heterocycles. The molecule has 1 aromatic rings. The number of hydrogen-bond acceptors (Lipinski definition) is 6. The highest BCUT2D eigenvalue weighted by molar-refractivity contribution is 7.09. The molecule has 0 aliphatic rings. The molecular weight excluding hydrogens is 316 g/mol. The molecule has 0 aliphatic heterocycles. The van der Waals surface area contributed by atoms with Crippen LogP contribution < -0.4 is 5.32 Å². The van der Waals surface area contributed by atoms with Crippen molar-refractivity contribution < 1.29 is 14.3 Å². The van der Waals surface area contributed by atoms with E-state index in [0.29, 0.717) is 19.0 Å². The number of ether oxygens (including phenoxy) is 2. The number of thiazole rings is 1. The van der Waals surface area contributed by atoms with Gasteiger partial charge in [0.25, 0.3) is 0 Å². The number of nitrogens with zero attached hydrogens (tertiary/aromatic N) is 3. The van der Waals surface area contributed by atoms with Crippen molar-refractivity contribution in [3.8, 4) is 0 Å². The van der Waals surface area contributed by atoms with E-state index in [1.165, 1.54) is 7.11 Å². The Labute approximate surface area is 141 Å². The van der Waals surface area contributed by atoms with E-state index in [9.17, 15) is 4.79 Å². The van der Waals surface area contributed by atoms with Crippen LogP contribution in [0.2, 0.25) is 0 Å². The first-order valence-corrected chi connectivity index (χ1v) is 8.27. The van der Waals surface area contributed by atoms with Crippen molar-refractivity contribution in [2.45, 2.75) is 26.5 Å². The average molecular weight is 342 g/mol. The third-order valence-electron chi connectivity index (χ3n) is 3.41. The van der Waals surface area contributed by atoms with Crippen molar-refractivity contribution in [2.75, 3.05) is 34.9 Å². The van der Waals surface area contributed by atoms with Gasteiger partial charge in [-0.25, -0.2) is 4.98 Å². The number of methoxy groups -OCH3 is 2. The molecule has 2 unspecified atom stereocenters. The number of rotatable bonds is 7. The average Bonchev–Trinajstić information content (AvgIpc) is 3.01. The number of carbonyl (C=O) groups is 1. The number of esters is 1. The lowest BCUT2D eigenvalue weighted by molar-refractivity contribution is -0.144. The van der Waals surface area contributed by atoms with Crippen molar-refractivity contribution in [1.29, 1.82) is 0 Å². The molecule has 0 aromatic carbocycles. The Kier molecular flexibility index (Phi) is 7.97. The maximum absolute atomic E-state index is 11.4. The van der Waals surface area contributed by atoms with Crippen LogP contribution in [0.4, 0.5) is 0 Å². The fraction of sp³-hybridized carbons (Fsp3) is 0.667. The summed E-state index contributed by atoms with van der Waals surface area (Å²) >= 11 is 1.58. The molecule has 1 aromatic heterocycles.